The molecule has 3 aromatic rings. The van der Waals surface area contributed by atoms with Crippen molar-refractivity contribution in [3.63, 3.8) is 0 Å². The van der Waals surface area contributed by atoms with Crippen LogP contribution in [0.5, 0.6) is 0 Å². The number of ether oxygens (including phenoxy) is 3. The van der Waals surface area contributed by atoms with Gasteiger partial charge in [0.15, 0.2) is 0 Å². The Morgan fingerprint density at radius 3 is 2.12 bits per heavy atom. The largest absolute Gasteiger partial charge is 0.469 e. The van der Waals surface area contributed by atoms with Crippen molar-refractivity contribution in [2.45, 2.75) is 86.2 Å². The summed E-state index contributed by atoms with van der Waals surface area (Å²) in [6.07, 6.45) is 8.15. The summed E-state index contributed by atoms with van der Waals surface area (Å²) in [6.45, 7) is 7.94. The molecule has 0 radical (unpaired) electrons. The molecule has 8 bridgehead atoms. The van der Waals surface area contributed by atoms with E-state index in [0.29, 0.717) is 0 Å². The van der Waals surface area contributed by atoms with Crippen molar-refractivity contribution in [2.24, 2.45) is 23.7 Å². The average molecular weight is 705 g/mol. The van der Waals surface area contributed by atoms with Gasteiger partial charge in [-0.2, -0.15) is 0 Å². The number of carbonyl (C=O) groups excluding carboxylic acids is 2. The van der Waals surface area contributed by atoms with Gasteiger partial charge in [-0.05, 0) is 87.6 Å². The minimum absolute atomic E-state index is 0.0907. The minimum Gasteiger partial charge on any atom is -0.469 e. The Balaban J connectivity index is 1.09. The van der Waals surface area contributed by atoms with Crippen LogP contribution in [0, 0.1) is 23.7 Å². The minimum atomic E-state index is -0.414. The lowest BCUT2D eigenvalue weighted by Gasteiger charge is -2.54. The number of likely N-dealkylation sites (N-methyl/N-ethyl adjacent to an activating group) is 2. The molecule has 9 aliphatic heterocycles. The number of fused-ring (bicyclic) bond motifs is 8. The van der Waals surface area contributed by atoms with Crippen molar-refractivity contribution in [1.29, 1.82) is 0 Å². The number of benzene rings is 2. The van der Waals surface area contributed by atoms with Crippen LogP contribution in [-0.2, 0) is 34.6 Å². The lowest BCUT2D eigenvalue weighted by Crippen LogP contribution is -2.66. The number of anilines is 2. The highest BCUT2D eigenvalue weighted by atomic mass is 16.6. The van der Waals surface area contributed by atoms with E-state index in [0.717, 1.165) is 92.3 Å². The number of esters is 2. The molecule has 272 valence electrons. The lowest BCUT2D eigenvalue weighted by molar-refractivity contribution is -0.156. The van der Waals surface area contributed by atoms with E-state index < -0.39 is 10.8 Å². The maximum absolute atomic E-state index is 14.2. The van der Waals surface area contributed by atoms with Crippen molar-refractivity contribution in [2.75, 3.05) is 64.3 Å². The van der Waals surface area contributed by atoms with E-state index in [2.05, 4.69) is 77.9 Å². The number of hydrogen-bond acceptors (Lipinski definition) is 10. The second-order valence-corrected chi connectivity index (χ2v) is 17.7. The fourth-order valence-electron chi connectivity index (χ4n) is 15.4. The van der Waals surface area contributed by atoms with Crippen LogP contribution in [0.2, 0.25) is 0 Å². The predicted octanol–water partition coefficient (Wildman–Crippen LogP) is 5.29. The molecular formula is C42H48N4O6. The van der Waals surface area contributed by atoms with Crippen LogP contribution < -0.4 is 9.80 Å². The Morgan fingerprint density at radius 2 is 1.40 bits per heavy atom. The molecule has 12 atom stereocenters. The van der Waals surface area contributed by atoms with Gasteiger partial charge in [0.25, 0.3) is 0 Å². The van der Waals surface area contributed by atoms with Gasteiger partial charge in [-0.1, -0.05) is 11.6 Å². The first-order valence-electron chi connectivity index (χ1n) is 19.6. The highest BCUT2D eigenvalue weighted by molar-refractivity contribution is 6.09. The second-order valence-electron chi connectivity index (χ2n) is 17.7. The first-order chi connectivity index (χ1) is 25.1. The molecule has 2 aliphatic carbocycles. The standard InChI is InChI=1S/C42H48N4O6/c1-7-23-20-45-14-12-38-29-18-32-26(17-30(29)43(3)41(38,45)10-8-24(23)34(38)36(47)49-5)25-16-28-31(19-33(25)51-32)44(4)42-11-9-27-35(37(48)50-6)39(28,42)13-15-46(42)21-40(27)22(2)52-40/h7,16-19,22,24,27,34-35H,8-15,20-21H2,1-6H3/b23-7-. The van der Waals surface area contributed by atoms with Crippen molar-refractivity contribution >= 4 is 45.3 Å². The summed E-state index contributed by atoms with van der Waals surface area (Å²) in [5, 5.41) is 2.19. The third-order valence-corrected chi connectivity index (χ3v) is 17.2. The smallest absolute Gasteiger partial charge is 0.310 e. The zero-order valence-electron chi connectivity index (χ0n) is 31.1. The van der Waals surface area contributed by atoms with Gasteiger partial charge in [0.1, 0.15) is 28.1 Å². The Labute approximate surface area is 303 Å². The van der Waals surface area contributed by atoms with Gasteiger partial charge in [0, 0.05) is 85.2 Å². The topological polar surface area (TPSA) is 91.2 Å². The molecule has 12 unspecified atom stereocenters. The van der Waals surface area contributed by atoms with Crippen LogP contribution in [0.25, 0.3) is 21.9 Å². The van der Waals surface area contributed by atoms with Crippen LogP contribution in [0.4, 0.5) is 11.4 Å². The van der Waals surface area contributed by atoms with Gasteiger partial charge in [-0.3, -0.25) is 19.4 Å². The fourth-order valence-corrected chi connectivity index (χ4v) is 15.4. The molecule has 3 spiro atoms. The van der Waals surface area contributed by atoms with Crippen molar-refractivity contribution < 1.29 is 28.2 Å². The summed E-state index contributed by atoms with van der Waals surface area (Å²) in [4.78, 5) is 38.6. The van der Waals surface area contributed by atoms with E-state index in [1.165, 1.54) is 22.4 Å². The van der Waals surface area contributed by atoms with Crippen LogP contribution in [0.15, 0.2) is 40.3 Å². The van der Waals surface area contributed by atoms with Crippen LogP contribution in [0.3, 0.4) is 0 Å². The monoisotopic (exact) mass is 704 g/mol. The van der Waals surface area contributed by atoms with Crippen LogP contribution in [-0.4, -0.2) is 99.3 Å². The third kappa shape index (κ3) is 2.81. The normalized spacial score (nSPS) is 46.1. The summed E-state index contributed by atoms with van der Waals surface area (Å²) in [7, 11) is 7.60. The van der Waals surface area contributed by atoms with Crippen molar-refractivity contribution in [3.8, 4) is 0 Å². The van der Waals surface area contributed by atoms with Gasteiger partial charge in [0.05, 0.1) is 32.2 Å². The Kier molecular flexibility index (Phi) is 5.44. The molecule has 9 fully saturated rings. The summed E-state index contributed by atoms with van der Waals surface area (Å²) in [6, 6.07) is 9.28. The van der Waals surface area contributed by atoms with Gasteiger partial charge in [-0.15, -0.1) is 0 Å². The molecule has 10 heterocycles. The second kappa shape index (κ2) is 9.19. The first-order valence-corrected chi connectivity index (χ1v) is 19.6. The molecule has 11 aliphatic rings. The van der Waals surface area contributed by atoms with Gasteiger partial charge >= 0.3 is 11.9 Å². The summed E-state index contributed by atoms with van der Waals surface area (Å²) >= 11 is 0. The fraction of sp³-hybridized carbons (Fsp3) is 0.619. The van der Waals surface area contributed by atoms with E-state index in [-0.39, 0.29) is 58.6 Å². The number of hydrogen-bond donors (Lipinski definition) is 0. The zero-order valence-corrected chi connectivity index (χ0v) is 31.1. The molecule has 10 nitrogen and oxygen atoms in total. The Hall–Kier alpha value is -3.60. The molecule has 7 saturated heterocycles. The van der Waals surface area contributed by atoms with Crippen LogP contribution >= 0.6 is 0 Å². The van der Waals surface area contributed by atoms with E-state index >= 15 is 0 Å². The lowest BCUT2D eigenvalue weighted by atomic mass is 9.53. The molecule has 2 saturated carbocycles. The SMILES string of the molecule is C/C=C1/CN2CCC34c5cc6oc7cc8c(cc7c6cc5N(C)C23CCC1C4C(=O)OC)C12CCN3CC4(OC4C)C(CCC31N8C)C2C(=O)OC. The molecule has 0 amide bonds. The van der Waals surface area contributed by atoms with Crippen molar-refractivity contribution in [1.82, 2.24) is 9.80 Å². The average Bonchev–Trinajstić information content (AvgIpc) is 3.33. The van der Waals surface area contributed by atoms with Gasteiger partial charge < -0.3 is 28.4 Å². The van der Waals surface area contributed by atoms with E-state index in [1.54, 1.807) is 14.2 Å². The molecule has 10 heteroatoms. The number of epoxide rings is 1. The molecule has 0 N–H and O–H groups in total. The molecule has 52 heavy (non-hydrogen) atoms. The van der Waals surface area contributed by atoms with E-state index in [9.17, 15) is 9.59 Å². The number of furan rings is 1. The summed E-state index contributed by atoms with van der Waals surface area (Å²) < 4.78 is 24.8. The maximum atomic E-state index is 14.2. The maximum Gasteiger partial charge on any atom is 0.310 e. The summed E-state index contributed by atoms with van der Waals surface area (Å²) in [5.74, 6) is -0.461. The number of carbonyl (C=O) groups is 2. The number of methoxy groups -OCH3 is 2. The summed E-state index contributed by atoms with van der Waals surface area (Å²) in [5.41, 5.74) is 6.22. The Bertz CT molecular complexity index is 2230. The number of allylic oxidation sites excluding steroid dienone is 1. The predicted molar refractivity (Wildman–Crippen MR) is 195 cm³/mol. The van der Waals surface area contributed by atoms with Crippen molar-refractivity contribution in [3.05, 3.63) is 47.0 Å². The highest BCUT2D eigenvalue weighted by Crippen LogP contribution is 2.74. The van der Waals surface area contributed by atoms with Crippen LogP contribution in [0.1, 0.15) is 63.5 Å². The first kappa shape index (κ1) is 30.8. The molecular weight excluding hydrogens is 656 g/mol. The highest BCUT2D eigenvalue weighted by Gasteiger charge is 2.82. The number of nitrogens with zero attached hydrogens (tertiary/aromatic N) is 4. The van der Waals surface area contributed by atoms with E-state index in [1.807, 2.05) is 0 Å². The molecule has 1 aromatic heterocycles. The van der Waals surface area contributed by atoms with E-state index in [4.69, 9.17) is 18.6 Å². The Morgan fingerprint density at radius 1 is 0.808 bits per heavy atom. The molecule has 14 rings (SSSR count). The third-order valence-electron chi connectivity index (χ3n) is 17.2. The number of rotatable bonds is 2. The zero-order chi connectivity index (χ0) is 35.5. The van der Waals surface area contributed by atoms with Gasteiger partial charge in [-0.25, -0.2) is 0 Å². The van der Waals surface area contributed by atoms with Gasteiger partial charge in [0.2, 0.25) is 0 Å². The molecule has 2 aromatic carbocycles. The quantitative estimate of drug-likeness (QED) is 0.199.